The summed E-state index contributed by atoms with van der Waals surface area (Å²) in [5.74, 6) is 0. The van der Waals surface area contributed by atoms with Gasteiger partial charge in [0.25, 0.3) is 0 Å². The maximum absolute atomic E-state index is 12.6. The third-order valence-corrected chi connectivity index (χ3v) is 5.23. The van der Waals surface area contributed by atoms with Crippen LogP contribution in [0, 0.1) is 11.3 Å². The quantitative estimate of drug-likeness (QED) is 0.800. The van der Waals surface area contributed by atoms with E-state index in [-0.39, 0.29) is 17.5 Å². The molecule has 0 aliphatic rings. The normalized spacial score (nSPS) is 12.2. The van der Waals surface area contributed by atoms with E-state index in [0.29, 0.717) is 11.0 Å². The predicted molar refractivity (Wildman–Crippen MR) is 72.1 cm³/mol. The average molecular weight is 296 g/mol. The lowest BCUT2D eigenvalue weighted by atomic mass is 10.3. The van der Waals surface area contributed by atoms with Crippen LogP contribution in [0.2, 0.25) is 0 Å². The van der Waals surface area contributed by atoms with Crippen molar-refractivity contribution in [2.24, 2.45) is 0 Å². The fourth-order valence-corrected chi connectivity index (χ4v) is 4.02. The van der Waals surface area contributed by atoms with Gasteiger partial charge < -0.3 is 0 Å². The van der Waals surface area contributed by atoms with Crippen molar-refractivity contribution in [3.8, 4) is 6.07 Å². The molecule has 0 saturated heterocycles. The highest BCUT2D eigenvalue weighted by atomic mass is 32.2. The lowest BCUT2D eigenvalue weighted by Crippen LogP contribution is -2.37. The monoisotopic (exact) mass is 296 g/mol. The molecule has 19 heavy (non-hydrogen) atoms. The number of nitriles is 1. The number of sulfonamides is 1. The van der Waals surface area contributed by atoms with Gasteiger partial charge in [-0.25, -0.2) is 8.42 Å². The first kappa shape index (κ1) is 13.9. The van der Waals surface area contributed by atoms with Crippen LogP contribution in [0.15, 0.2) is 23.1 Å². The summed E-state index contributed by atoms with van der Waals surface area (Å²) < 4.78 is 34.4. The molecule has 0 bridgehead atoms. The molecule has 0 atom stereocenters. The summed E-state index contributed by atoms with van der Waals surface area (Å²) in [5, 5.41) is 8.79. The van der Waals surface area contributed by atoms with Crippen molar-refractivity contribution < 1.29 is 8.42 Å². The van der Waals surface area contributed by atoms with Crippen LogP contribution in [-0.4, -0.2) is 34.1 Å². The first-order chi connectivity index (χ1) is 8.98. The maximum atomic E-state index is 12.6. The molecule has 6 nitrogen and oxygen atoms in total. The number of hydrogen-bond acceptors (Lipinski definition) is 6. The second kappa shape index (κ2) is 5.21. The summed E-state index contributed by atoms with van der Waals surface area (Å²) in [7, 11) is -3.74. The number of hydrogen-bond donors (Lipinski definition) is 0. The van der Waals surface area contributed by atoms with Gasteiger partial charge in [0.05, 0.1) is 17.8 Å². The fourth-order valence-electron chi connectivity index (χ4n) is 1.73. The molecule has 0 spiro atoms. The summed E-state index contributed by atoms with van der Waals surface area (Å²) in [4.78, 5) is 0.0997. The van der Waals surface area contributed by atoms with E-state index in [1.807, 2.05) is 6.07 Å². The molecule has 0 fully saturated rings. The van der Waals surface area contributed by atoms with Gasteiger partial charge >= 0.3 is 0 Å². The zero-order chi connectivity index (χ0) is 14.0. The zero-order valence-corrected chi connectivity index (χ0v) is 12.1. The van der Waals surface area contributed by atoms with Crippen LogP contribution in [-0.2, 0) is 10.0 Å². The van der Waals surface area contributed by atoms with E-state index in [0.717, 1.165) is 16.0 Å². The van der Waals surface area contributed by atoms with Crippen molar-refractivity contribution in [2.45, 2.75) is 24.8 Å². The van der Waals surface area contributed by atoms with E-state index in [9.17, 15) is 8.42 Å². The van der Waals surface area contributed by atoms with Crippen LogP contribution in [0.5, 0.6) is 0 Å². The second-order valence-corrected chi connectivity index (χ2v) is 6.58. The van der Waals surface area contributed by atoms with Gasteiger partial charge in [-0.15, -0.1) is 0 Å². The van der Waals surface area contributed by atoms with Crippen LogP contribution in [0.25, 0.3) is 11.0 Å². The summed E-state index contributed by atoms with van der Waals surface area (Å²) in [6.07, 6.45) is 0. The molecule has 0 unspecified atom stereocenters. The molecule has 2 rings (SSSR count). The predicted octanol–water partition coefficient (Wildman–Crippen LogP) is 1.61. The minimum atomic E-state index is -3.74. The molecule has 2 aromatic rings. The Kier molecular flexibility index (Phi) is 3.80. The number of nitrogens with zero attached hydrogens (tertiary/aromatic N) is 4. The summed E-state index contributed by atoms with van der Waals surface area (Å²) >= 11 is 0.969. The number of aromatic nitrogens is 2. The highest BCUT2D eigenvalue weighted by Crippen LogP contribution is 2.25. The lowest BCUT2D eigenvalue weighted by Gasteiger charge is -2.23. The van der Waals surface area contributed by atoms with Crippen molar-refractivity contribution in [3.63, 3.8) is 0 Å². The maximum Gasteiger partial charge on any atom is 0.246 e. The first-order valence-corrected chi connectivity index (χ1v) is 7.75. The Labute approximate surface area is 115 Å². The number of rotatable bonds is 4. The fraction of sp³-hybridized carbons (Fsp3) is 0.364. The summed E-state index contributed by atoms with van der Waals surface area (Å²) in [6.45, 7) is 3.27. The average Bonchev–Trinajstić information content (AvgIpc) is 2.82. The summed E-state index contributed by atoms with van der Waals surface area (Å²) in [6, 6.07) is 6.41. The standard InChI is InChI=1S/C11H12N4O2S2/c1-8(2)15(7-6-12)19(16,17)10-5-3-4-9-11(10)14-18-13-9/h3-5,8H,7H2,1-2H3. The molecule has 1 aromatic carbocycles. The minimum absolute atomic E-state index is 0.0997. The van der Waals surface area contributed by atoms with Crippen LogP contribution in [0.3, 0.4) is 0 Å². The van der Waals surface area contributed by atoms with Gasteiger partial charge in [-0.1, -0.05) is 6.07 Å². The van der Waals surface area contributed by atoms with Crippen LogP contribution < -0.4 is 0 Å². The molecule has 0 N–H and O–H groups in total. The van der Waals surface area contributed by atoms with E-state index < -0.39 is 10.0 Å². The van der Waals surface area contributed by atoms with Gasteiger partial charge in [0, 0.05) is 6.04 Å². The topological polar surface area (TPSA) is 87.0 Å². The molecule has 0 aliphatic heterocycles. The van der Waals surface area contributed by atoms with E-state index in [4.69, 9.17) is 5.26 Å². The largest absolute Gasteiger partial charge is 0.246 e. The molecule has 1 heterocycles. The second-order valence-electron chi connectivity index (χ2n) is 4.19. The van der Waals surface area contributed by atoms with Crippen LogP contribution in [0.1, 0.15) is 13.8 Å². The Morgan fingerprint density at radius 1 is 1.42 bits per heavy atom. The zero-order valence-electron chi connectivity index (χ0n) is 10.4. The molecule has 1 aromatic heterocycles. The minimum Gasteiger partial charge on any atom is -0.207 e. The first-order valence-electron chi connectivity index (χ1n) is 5.58. The van der Waals surface area contributed by atoms with E-state index in [1.165, 1.54) is 6.07 Å². The Bertz CT molecular complexity index is 730. The van der Waals surface area contributed by atoms with Gasteiger partial charge in [0.15, 0.2) is 0 Å². The third kappa shape index (κ3) is 2.45. The van der Waals surface area contributed by atoms with Gasteiger partial charge in [-0.05, 0) is 26.0 Å². The van der Waals surface area contributed by atoms with Gasteiger partial charge in [-0.3, -0.25) is 0 Å². The lowest BCUT2D eigenvalue weighted by molar-refractivity contribution is 0.386. The third-order valence-electron chi connectivity index (χ3n) is 2.64. The summed E-state index contributed by atoms with van der Waals surface area (Å²) in [5.41, 5.74) is 0.905. The van der Waals surface area contributed by atoms with Crippen molar-refractivity contribution in [2.75, 3.05) is 6.54 Å². The van der Waals surface area contributed by atoms with E-state index in [2.05, 4.69) is 8.75 Å². The molecular formula is C11H12N4O2S2. The molecule has 0 radical (unpaired) electrons. The van der Waals surface area contributed by atoms with Crippen molar-refractivity contribution >= 4 is 32.8 Å². The Morgan fingerprint density at radius 3 is 2.79 bits per heavy atom. The number of fused-ring (bicyclic) bond motifs is 1. The van der Waals surface area contributed by atoms with E-state index in [1.54, 1.807) is 26.0 Å². The van der Waals surface area contributed by atoms with Crippen LogP contribution >= 0.6 is 11.7 Å². The Hall–Kier alpha value is -1.56. The molecule has 8 heteroatoms. The highest BCUT2D eigenvalue weighted by Gasteiger charge is 2.29. The molecule has 0 saturated carbocycles. The molecular weight excluding hydrogens is 284 g/mol. The highest BCUT2D eigenvalue weighted by molar-refractivity contribution is 7.89. The van der Waals surface area contributed by atoms with Crippen molar-refractivity contribution in [1.82, 2.24) is 13.1 Å². The van der Waals surface area contributed by atoms with Gasteiger partial charge in [-0.2, -0.15) is 18.3 Å². The van der Waals surface area contributed by atoms with Crippen LogP contribution in [0.4, 0.5) is 0 Å². The SMILES string of the molecule is CC(C)N(CC#N)S(=O)(=O)c1cccc2nsnc12. The molecule has 100 valence electrons. The van der Waals surface area contributed by atoms with E-state index >= 15 is 0 Å². The molecule has 0 amide bonds. The van der Waals surface area contributed by atoms with Gasteiger partial charge in [0.1, 0.15) is 22.5 Å². The van der Waals surface area contributed by atoms with Gasteiger partial charge in [0.2, 0.25) is 10.0 Å². The van der Waals surface area contributed by atoms with Crippen molar-refractivity contribution in [3.05, 3.63) is 18.2 Å². The molecule has 0 aliphatic carbocycles. The Balaban J connectivity index is 2.61. The number of benzene rings is 1. The Morgan fingerprint density at radius 2 is 2.16 bits per heavy atom. The van der Waals surface area contributed by atoms with Crippen molar-refractivity contribution in [1.29, 1.82) is 5.26 Å². The smallest absolute Gasteiger partial charge is 0.207 e.